The minimum atomic E-state index is -0.0650. The molecule has 0 aliphatic carbocycles. The van der Waals surface area contributed by atoms with Crippen molar-refractivity contribution in [1.29, 1.82) is 0 Å². The van der Waals surface area contributed by atoms with E-state index in [1.807, 2.05) is 31.4 Å². The highest BCUT2D eigenvalue weighted by atomic mass is 16.2. The van der Waals surface area contributed by atoms with Crippen molar-refractivity contribution < 1.29 is 4.79 Å². The predicted octanol–water partition coefficient (Wildman–Crippen LogP) is 1.80. The second-order valence-electron chi connectivity index (χ2n) is 4.85. The Hall–Kier alpha value is -2.30. The van der Waals surface area contributed by atoms with Crippen LogP contribution in [-0.2, 0) is 20.0 Å². The number of hydrogen-bond acceptors (Lipinski definition) is 2. The van der Waals surface area contributed by atoms with Crippen LogP contribution in [0.25, 0.3) is 0 Å². The molecule has 0 bridgehead atoms. The molecule has 2 rings (SSSR count). The van der Waals surface area contributed by atoms with Crippen molar-refractivity contribution in [2.75, 3.05) is 13.6 Å². The molecule has 1 aromatic heterocycles. The summed E-state index contributed by atoms with van der Waals surface area (Å²) in [5.74, 6) is 0. The van der Waals surface area contributed by atoms with Crippen LogP contribution in [0.3, 0.4) is 0 Å². The fourth-order valence-electron chi connectivity index (χ4n) is 1.99. The highest BCUT2D eigenvalue weighted by molar-refractivity contribution is 5.73. The Kier molecular flexibility index (Phi) is 4.76. The van der Waals surface area contributed by atoms with Gasteiger partial charge in [0.2, 0.25) is 0 Å². The zero-order chi connectivity index (χ0) is 14.4. The molecule has 0 unspecified atom stereocenters. The molecule has 0 fully saturated rings. The van der Waals surface area contributed by atoms with Crippen LogP contribution >= 0.6 is 0 Å². The van der Waals surface area contributed by atoms with Gasteiger partial charge in [0.1, 0.15) is 0 Å². The molecule has 0 spiro atoms. The van der Waals surface area contributed by atoms with Crippen LogP contribution in [0.4, 0.5) is 4.79 Å². The smallest absolute Gasteiger partial charge is 0.317 e. The minimum absolute atomic E-state index is 0.0650. The Balaban J connectivity index is 1.74. The summed E-state index contributed by atoms with van der Waals surface area (Å²) in [6, 6.07) is 10.1. The highest BCUT2D eigenvalue weighted by Crippen LogP contribution is 2.02. The Morgan fingerprint density at radius 3 is 2.70 bits per heavy atom. The van der Waals surface area contributed by atoms with E-state index >= 15 is 0 Å². The van der Waals surface area contributed by atoms with E-state index in [9.17, 15) is 4.79 Å². The number of aromatic nitrogens is 2. The quantitative estimate of drug-likeness (QED) is 0.902. The molecule has 20 heavy (non-hydrogen) atoms. The van der Waals surface area contributed by atoms with Crippen molar-refractivity contribution in [1.82, 2.24) is 20.0 Å². The van der Waals surface area contributed by atoms with E-state index < -0.39 is 0 Å². The number of nitrogens with one attached hydrogen (secondary N) is 1. The summed E-state index contributed by atoms with van der Waals surface area (Å²) < 4.78 is 1.73. The lowest BCUT2D eigenvalue weighted by atomic mass is 10.1. The number of urea groups is 1. The molecule has 1 heterocycles. The first-order valence-electron chi connectivity index (χ1n) is 6.65. The molecule has 1 aromatic carbocycles. The van der Waals surface area contributed by atoms with Crippen LogP contribution < -0.4 is 5.32 Å². The van der Waals surface area contributed by atoms with Crippen molar-refractivity contribution in [3.8, 4) is 0 Å². The zero-order valence-corrected chi connectivity index (χ0v) is 11.9. The summed E-state index contributed by atoms with van der Waals surface area (Å²) in [6.07, 6.45) is 4.52. The number of rotatable bonds is 5. The molecule has 2 amide bonds. The first-order valence-corrected chi connectivity index (χ1v) is 6.65. The fourth-order valence-corrected chi connectivity index (χ4v) is 1.99. The molecule has 0 radical (unpaired) electrons. The molecule has 2 aromatic rings. The third-order valence-corrected chi connectivity index (χ3v) is 3.06. The van der Waals surface area contributed by atoms with Gasteiger partial charge >= 0.3 is 6.03 Å². The summed E-state index contributed by atoms with van der Waals surface area (Å²) in [4.78, 5) is 13.6. The standard InChI is InChI=1S/C15H20N4O/c1-18(11-14-10-17-19(2)12-14)15(20)16-9-8-13-6-4-3-5-7-13/h3-7,10,12H,8-9,11H2,1-2H3,(H,16,20). The van der Waals surface area contributed by atoms with Gasteiger partial charge in [-0.2, -0.15) is 5.10 Å². The number of aryl methyl sites for hydroxylation is 1. The monoisotopic (exact) mass is 272 g/mol. The molecule has 0 aliphatic rings. The van der Waals surface area contributed by atoms with Gasteiger partial charge in [-0.3, -0.25) is 4.68 Å². The molecule has 0 saturated heterocycles. The number of benzene rings is 1. The van der Waals surface area contributed by atoms with Crippen LogP contribution in [0.2, 0.25) is 0 Å². The van der Waals surface area contributed by atoms with E-state index in [4.69, 9.17) is 0 Å². The molecule has 1 N–H and O–H groups in total. The minimum Gasteiger partial charge on any atom is -0.338 e. The maximum Gasteiger partial charge on any atom is 0.317 e. The molecule has 0 atom stereocenters. The molecule has 5 nitrogen and oxygen atoms in total. The fraction of sp³-hybridized carbons (Fsp3) is 0.333. The van der Waals surface area contributed by atoms with Gasteiger partial charge in [-0.25, -0.2) is 4.79 Å². The predicted molar refractivity (Wildman–Crippen MR) is 78.2 cm³/mol. The maximum absolute atomic E-state index is 11.9. The van der Waals surface area contributed by atoms with Crippen molar-refractivity contribution in [3.05, 3.63) is 53.9 Å². The molecule has 5 heteroatoms. The summed E-state index contributed by atoms with van der Waals surface area (Å²) in [6.45, 7) is 1.20. The van der Waals surface area contributed by atoms with Crippen LogP contribution in [0.15, 0.2) is 42.7 Å². The lowest BCUT2D eigenvalue weighted by molar-refractivity contribution is 0.207. The average Bonchev–Trinajstić information content (AvgIpc) is 2.85. The van der Waals surface area contributed by atoms with Crippen LogP contribution in [0.5, 0.6) is 0 Å². The summed E-state index contributed by atoms with van der Waals surface area (Å²) >= 11 is 0. The number of amides is 2. The van der Waals surface area contributed by atoms with E-state index in [2.05, 4.69) is 22.5 Å². The zero-order valence-electron chi connectivity index (χ0n) is 11.9. The number of hydrogen-bond donors (Lipinski definition) is 1. The van der Waals surface area contributed by atoms with Crippen LogP contribution in [0, 0.1) is 0 Å². The second-order valence-corrected chi connectivity index (χ2v) is 4.85. The Morgan fingerprint density at radius 1 is 1.30 bits per heavy atom. The molecule has 106 valence electrons. The van der Waals surface area contributed by atoms with Crippen molar-refractivity contribution in [2.24, 2.45) is 7.05 Å². The van der Waals surface area contributed by atoms with Crippen molar-refractivity contribution in [2.45, 2.75) is 13.0 Å². The summed E-state index contributed by atoms with van der Waals surface area (Å²) in [7, 11) is 3.65. The lowest BCUT2D eigenvalue weighted by Gasteiger charge is -2.17. The SMILES string of the molecule is CN(Cc1cnn(C)c1)C(=O)NCCc1ccccc1. The van der Waals surface area contributed by atoms with Gasteiger partial charge in [0.05, 0.1) is 12.7 Å². The average molecular weight is 272 g/mol. The van der Waals surface area contributed by atoms with Crippen LogP contribution in [-0.4, -0.2) is 34.3 Å². The van der Waals surface area contributed by atoms with E-state index in [-0.39, 0.29) is 6.03 Å². The second kappa shape index (κ2) is 6.75. The largest absolute Gasteiger partial charge is 0.338 e. The van der Waals surface area contributed by atoms with Crippen molar-refractivity contribution >= 4 is 6.03 Å². The van der Waals surface area contributed by atoms with Gasteiger partial charge in [-0.1, -0.05) is 30.3 Å². The van der Waals surface area contributed by atoms with Crippen molar-refractivity contribution in [3.63, 3.8) is 0 Å². The highest BCUT2D eigenvalue weighted by Gasteiger charge is 2.09. The van der Waals surface area contributed by atoms with E-state index in [1.165, 1.54) is 5.56 Å². The third-order valence-electron chi connectivity index (χ3n) is 3.06. The van der Waals surface area contributed by atoms with Gasteiger partial charge < -0.3 is 10.2 Å². The Morgan fingerprint density at radius 2 is 2.05 bits per heavy atom. The number of nitrogens with zero attached hydrogens (tertiary/aromatic N) is 3. The Labute approximate surface area is 119 Å². The molecule has 0 saturated carbocycles. The van der Waals surface area contributed by atoms with E-state index in [0.717, 1.165) is 12.0 Å². The number of carbonyl (C=O) groups is 1. The normalized spacial score (nSPS) is 10.3. The maximum atomic E-state index is 11.9. The number of carbonyl (C=O) groups excluding carboxylic acids is 1. The molecular formula is C15H20N4O. The summed E-state index contributed by atoms with van der Waals surface area (Å²) in [5.41, 5.74) is 2.25. The third kappa shape index (κ3) is 4.12. The first-order chi connectivity index (χ1) is 9.65. The lowest BCUT2D eigenvalue weighted by Crippen LogP contribution is -2.37. The van der Waals surface area contributed by atoms with Gasteiger partial charge in [-0.05, 0) is 12.0 Å². The van der Waals surface area contributed by atoms with E-state index in [1.54, 1.807) is 22.8 Å². The first kappa shape index (κ1) is 14.1. The topological polar surface area (TPSA) is 50.2 Å². The van der Waals surface area contributed by atoms with Gasteiger partial charge in [0, 0.05) is 32.4 Å². The van der Waals surface area contributed by atoms with Gasteiger partial charge in [0.25, 0.3) is 0 Å². The van der Waals surface area contributed by atoms with Gasteiger partial charge in [0.15, 0.2) is 0 Å². The van der Waals surface area contributed by atoms with E-state index in [0.29, 0.717) is 13.1 Å². The molecular weight excluding hydrogens is 252 g/mol. The Bertz CT molecular complexity index is 550. The van der Waals surface area contributed by atoms with Crippen LogP contribution in [0.1, 0.15) is 11.1 Å². The molecule has 0 aliphatic heterocycles. The van der Waals surface area contributed by atoms with Gasteiger partial charge in [-0.15, -0.1) is 0 Å². The summed E-state index contributed by atoms with van der Waals surface area (Å²) in [5, 5.41) is 7.01.